The average Bonchev–Trinajstić information content (AvgIpc) is 2.77. The van der Waals surface area contributed by atoms with Crippen LogP contribution in [0.4, 0.5) is 0 Å². The summed E-state index contributed by atoms with van der Waals surface area (Å²) in [5.41, 5.74) is 2.36. The number of ketones is 1. The summed E-state index contributed by atoms with van der Waals surface area (Å²) in [5.74, 6) is -0.758. The van der Waals surface area contributed by atoms with Crippen LogP contribution < -0.4 is 10.8 Å². The zero-order chi connectivity index (χ0) is 23.5. The fourth-order valence-corrected chi connectivity index (χ4v) is 5.71. The molecule has 9 nitrogen and oxygen atoms in total. The van der Waals surface area contributed by atoms with Gasteiger partial charge in [-0.05, 0) is 57.9 Å². The zero-order valence-electron chi connectivity index (χ0n) is 18.6. The highest BCUT2D eigenvalue weighted by Gasteiger charge is 2.42. The smallest absolute Gasteiger partial charge is 0.282 e. The number of piperidine rings is 1. The van der Waals surface area contributed by atoms with Gasteiger partial charge in [0, 0.05) is 49.2 Å². The highest BCUT2D eigenvalue weighted by Crippen LogP contribution is 2.26. The van der Waals surface area contributed by atoms with Crippen LogP contribution in [0.1, 0.15) is 44.0 Å². The number of rotatable bonds is 6. The topological polar surface area (TPSA) is 108 Å². The molecule has 2 N–H and O–H groups in total. The van der Waals surface area contributed by atoms with Gasteiger partial charge >= 0.3 is 0 Å². The molecule has 2 saturated heterocycles. The molecule has 1 aromatic carbocycles. The molecule has 1 atom stereocenters. The number of halogens is 1. The van der Waals surface area contributed by atoms with Crippen LogP contribution in [0, 0.1) is 5.92 Å². The number of piperazine rings is 1. The zero-order valence-corrected chi connectivity index (χ0v) is 20.2. The lowest BCUT2D eigenvalue weighted by atomic mass is 9.90. The standard InChI is InChI=1S/C21H31ClN4O5S/c1-21(2,3)31-24-20(28)18-14-23-10-13-26(18)32(29,30)25-11-8-16(9-12-25)19(27)15-4-6-17(22)7-5-15/h4-7,16,18,23H,8-14H2,1-3H3,(H,24,28)/t18-/m1/s1. The number of hydrogen-bond acceptors (Lipinski definition) is 6. The average molecular weight is 487 g/mol. The van der Waals surface area contributed by atoms with E-state index >= 15 is 0 Å². The maximum atomic E-state index is 13.3. The van der Waals surface area contributed by atoms with Crippen LogP contribution in [-0.4, -0.2) is 73.1 Å². The van der Waals surface area contributed by atoms with Crippen molar-refractivity contribution in [1.29, 1.82) is 0 Å². The summed E-state index contributed by atoms with van der Waals surface area (Å²) in [5, 5.41) is 3.63. The molecule has 1 amide bonds. The molecule has 32 heavy (non-hydrogen) atoms. The number of nitrogens with one attached hydrogen (secondary N) is 2. The first kappa shape index (κ1) is 25.1. The number of carbonyl (C=O) groups is 2. The molecule has 2 aliphatic rings. The van der Waals surface area contributed by atoms with E-state index in [-0.39, 0.29) is 37.9 Å². The summed E-state index contributed by atoms with van der Waals surface area (Å²) in [6, 6.07) is 5.82. The largest absolute Gasteiger partial charge is 0.313 e. The first-order valence-corrected chi connectivity index (χ1v) is 12.5. The first-order valence-electron chi connectivity index (χ1n) is 10.7. The second kappa shape index (κ2) is 10.1. The van der Waals surface area contributed by atoms with Crippen LogP contribution in [0.3, 0.4) is 0 Å². The Labute approximate surface area is 194 Å². The summed E-state index contributed by atoms with van der Waals surface area (Å²) < 4.78 is 29.3. The Morgan fingerprint density at radius 2 is 1.75 bits per heavy atom. The molecule has 0 aromatic heterocycles. The van der Waals surface area contributed by atoms with Gasteiger partial charge in [0.1, 0.15) is 6.04 Å². The fraction of sp³-hybridized carbons (Fsp3) is 0.619. The van der Waals surface area contributed by atoms with E-state index in [1.807, 2.05) is 0 Å². The van der Waals surface area contributed by atoms with Crippen LogP contribution in [0.25, 0.3) is 0 Å². The molecule has 2 aliphatic heterocycles. The van der Waals surface area contributed by atoms with E-state index in [4.69, 9.17) is 16.4 Å². The Morgan fingerprint density at radius 3 is 2.34 bits per heavy atom. The van der Waals surface area contributed by atoms with Gasteiger partial charge in [-0.15, -0.1) is 0 Å². The van der Waals surface area contributed by atoms with Crippen molar-refractivity contribution in [3.05, 3.63) is 34.9 Å². The SMILES string of the molecule is CC(C)(C)ONC(=O)[C@H]1CNCCN1S(=O)(=O)N1CCC(C(=O)c2ccc(Cl)cc2)CC1. The summed E-state index contributed by atoms with van der Waals surface area (Å²) in [4.78, 5) is 30.8. The van der Waals surface area contributed by atoms with E-state index in [0.717, 1.165) is 0 Å². The summed E-state index contributed by atoms with van der Waals surface area (Å²) in [6.45, 7) is 6.65. The number of amides is 1. The number of Topliss-reactive ketones (excluding diaryl/α,β-unsaturated/α-hetero) is 1. The van der Waals surface area contributed by atoms with Gasteiger partial charge in [-0.2, -0.15) is 17.0 Å². The minimum absolute atomic E-state index is 0.00234. The minimum Gasteiger partial charge on any atom is -0.313 e. The van der Waals surface area contributed by atoms with Crippen LogP contribution in [0.5, 0.6) is 0 Å². The lowest BCUT2D eigenvalue weighted by molar-refractivity contribution is -0.149. The lowest BCUT2D eigenvalue weighted by Crippen LogP contribution is -2.62. The Balaban J connectivity index is 1.64. The van der Waals surface area contributed by atoms with Crippen LogP contribution in [0.2, 0.25) is 5.02 Å². The van der Waals surface area contributed by atoms with Gasteiger partial charge < -0.3 is 5.32 Å². The van der Waals surface area contributed by atoms with Gasteiger partial charge in [-0.3, -0.25) is 14.4 Å². The predicted octanol–water partition coefficient (Wildman–Crippen LogP) is 1.60. The third-order valence-electron chi connectivity index (χ3n) is 5.53. The molecular weight excluding hydrogens is 456 g/mol. The number of benzene rings is 1. The molecular formula is C21H31ClN4O5S. The molecule has 2 fully saturated rings. The van der Waals surface area contributed by atoms with Gasteiger partial charge in [0.15, 0.2) is 5.78 Å². The Bertz CT molecular complexity index is 925. The molecule has 178 valence electrons. The quantitative estimate of drug-likeness (QED) is 0.467. The van der Waals surface area contributed by atoms with E-state index in [2.05, 4.69) is 10.8 Å². The molecule has 0 unspecified atom stereocenters. The van der Waals surface area contributed by atoms with Gasteiger partial charge in [0.25, 0.3) is 16.1 Å². The molecule has 0 aliphatic carbocycles. The summed E-state index contributed by atoms with van der Waals surface area (Å²) >= 11 is 5.89. The number of carbonyl (C=O) groups excluding carboxylic acids is 2. The van der Waals surface area contributed by atoms with E-state index in [1.165, 1.54) is 8.61 Å². The van der Waals surface area contributed by atoms with E-state index in [0.29, 0.717) is 30.0 Å². The van der Waals surface area contributed by atoms with E-state index in [9.17, 15) is 18.0 Å². The first-order chi connectivity index (χ1) is 15.0. The highest BCUT2D eigenvalue weighted by atomic mass is 35.5. The van der Waals surface area contributed by atoms with Crippen molar-refractivity contribution in [1.82, 2.24) is 19.4 Å². The summed E-state index contributed by atoms with van der Waals surface area (Å²) in [6.07, 6.45) is 0.855. The van der Waals surface area contributed by atoms with Crippen molar-refractivity contribution in [2.75, 3.05) is 32.7 Å². The third kappa shape index (κ3) is 6.06. The van der Waals surface area contributed by atoms with Gasteiger partial charge in [0.05, 0.1) is 5.60 Å². The van der Waals surface area contributed by atoms with Crippen molar-refractivity contribution >= 4 is 33.5 Å². The van der Waals surface area contributed by atoms with Gasteiger partial charge in [0.2, 0.25) is 0 Å². The Kier molecular flexibility index (Phi) is 7.95. The fourth-order valence-electron chi connectivity index (χ4n) is 3.80. The number of nitrogens with zero attached hydrogens (tertiary/aromatic N) is 2. The summed E-state index contributed by atoms with van der Waals surface area (Å²) in [7, 11) is -3.87. The van der Waals surface area contributed by atoms with E-state index in [1.54, 1.807) is 45.0 Å². The molecule has 3 rings (SSSR count). The highest BCUT2D eigenvalue weighted by molar-refractivity contribution is 7.86. The van der Waals surface area contributed by atoms with Crippen molar-refractivity contribution in [2.45, 2.75) is 45.3 Å². The van der Waals surface area contributed by atoms with Crippen LogP contribution in [0.15, 0.2) is 24.3 Å². The van der Waals surface area contributed by atoms with E-state index < -0.39 is 27.8 Å². The van der Waals surface area contributed by atoms with Gasteiger partial charge in [-0.25, -0.2) is 5.48 Å². The monoisotopic (exact) mass is 486 g/mol. The van der Waals surface area contributed by atoms with Crippen molar-refractivity contribution in [3.8, 4) is 0 Å². The van der Waals surface area contributed by atoms with Crippen molar-refractivity contribution in [2.24, 2.45) is 5.92 Å². The maximum absolute atomic E-state index is 13.3. The predicted molar refractivity (Wildman–Crippen MR) is 121 cm³/mol. The van der Waals surface area contributed by atoms with Crippen molar-refractivity contribution < 1.29 is 22.8 Å². The molecule has 0 spiro atoms. The molecule has 2 heterocycles. The molecule has 0 bridgehead atoms. The second-order valence-electron chi connectivity index (χ2n) is 9.06. The Morgan fingerprint density at radius 1 is 1.12 bits per heavy atom. The molecule has 11 heteroatoms. The number of hydrogen-bond donors (Lipinski definition) is 2. The Hall–Kier alpha value is -1.56. The second-order valence-corrected chi connectivity index (χ2v) is 11.4. The maximum Gasteiger partial charge on any atom is 0.282 e. The third-order valence-corrected chi connectivity index (χ3v) is 7.83. The molecule has 1 aromatic rings. The van der Waals surface area contributed by atoms with Crippen molar-refractivity contribution in [3.63, 3.8) is 0 Å². The molecule has 0 saturated carbocycles. The van der Waals surface area contributed by atoms with Gasteiger partial charge in [-0.1, -0.05) is 11.6 Å². The normalized spacial score (nSPS) is 21.9. The van der Waals surface area contributed by atoms with Crippen LogP contribution in [-0.2, 0) is 19.8 Å². The minimum atomic E-state index is -3.87. The molecule has 0 radical (unpaired) electrons. The number of hydroxylamine groups is 1. The van der Waals surface area contributed by atoms with Crippen LogP contribution >= 0.6 is 11.6 Å². The lowest BCUT2D eigenvalue weighted by Gasteiger charge is -2.39.